The van der Waals surface area contributed by atoms with Crippen LogP contribution in [0.1, 0.15) is 0 Å². The number of hydrogen-bond donors (Lipinski definition) is 0. The van der Waals surface area contributed by atoms with Crippen molar-refractivity contribution in [1.29, 1.82) is 0 Å². The van der Waals surface area contributed by atoms with Gasteiger partial charge < -0.3 is 0 Å². The Kier molecular flexibility index (Phi) is 4.75. The molecule has 0 amide bonds. The summed E-state index contributed by atoms with van der Waals surface area (Å²) in [6, 6.07) is 48.6. The standard InChI is InChI=1S/C42H24N2/c1-3-10-28-25(8-1)22-37(35-14-6-20-43-41(28)35)27-16-17-30-34-19-18-31(32-12-5-13-33(40(32)34)38(30)24-27)39-23-26-9-2-4-11-29(26)42-36(39)15-7-21-44-42/h1-24H. The molecule has 0 aliphatic heterocycles. The van der Waals surface area contributed by atoms with E-state index in [9.17, 15) is 0 Å². The zero-order valence-electron chi connectivity index (χ0n) is 23.8. The van der Waals surface area contributed by atoms with Gasteiger partial charge in [0, 0.05) is 33.9 Å². The van der Waals surface area contributed by atoms with E-state index < -0.39 is 0 Å². The largest absolute Gasteiger partial charge is 0.256 e. The molecule has 2 nitrogen and oxygen atoms in total. The maximum atomic E-state index is 4.83. The van der Waals surface area contributed by atoms with Crippen LogP contribution >= 0.6 is 0 Å². The highest BCUT2D eigenvalue weighted by molar-refractivity contribution is 6.22. The van der Waals surface area contributed by atoms with E-state index in [0.29, 0.717) is 0 Å². The van der Waals surface area contributed by atoms with E-state index in [-0.39, 0.29) is 0 Å². The summed E-state index contributed by atoms with van der Waals surface area (Å²) in [6.07, 6.45) is 3.79. The zero-order valence-corrected chi connectivity index (χ0v) is 23.8. The van der Waals surface area contributed by atoms with Crippen molar-refractivity contribution in [2.24, 2.45) is 0 Å². The lowest BCUT2D eigenvalue weighted by atomic mass is 9.90. The van der Waals surface area contributed by atoms with Gasteiger partial charge in [-0.2, -0.15) is 0 Å². The van der Waals surface area contributed by atoms with E-state index in [2.05, 4.69) is 121 Å². The Morgan fingerprint density at radius 3 is 1.64 bits per heavy atom. The maximum absolute atomic E-state index is 4.83. The molecule has 1 aliphatic carbocycles. The van der Waals surface area contributed by atoms with Gasteiger partial charge in [0.2, 0.25) is 0 Å². The first-order valence-corrected chi connectivity index (χ1v) is 15.1. The second-order valence-corrected chi connectivity index (χ2v) is 11.7. The van der Waals surface area contributed by atoms with Crippen molar-refractivity contribution in [1.82, 2.24) is 9.97 Å². The van der Waals surface area contributed by atoms with Crippen LogP contribution in [0.4, 0.5) is 0 Å². The summed E-state index contributed by atoms with van der Waals surface area (Å²) in [4.78, 5) is 9.64. The number of nitrogens with zero attached hydrogens (tertiary/aromatic N) is 2. The van der Waals surface area contributed by atoms with Crippen molar-refractivity contribution >= 4 is 54.1 Å². The molecule has 0 saturated carbocycles. The van der Waals surface area contributed by atoms with Gasteiger partial charge in [0.05, 0.1) is 11.0 Å². The normalized spacial score (nSPS) is 12.1. The zero-order chi connectivity index (χ0) is 28.8. The van der Waals surface area contributed by atoms with Crippen molar-refractivity contribution in [3.63, 3.8) is 0 Å². The minimum Gasteiger partial charge on any atom is -0.256 e. The highest BCUT2D eigenvalue weighted by atomic mass is 14.7. The molecule has 9 aromatic rings. The quantitative estimate of drug-likeness (QED) is 0.198. The number of fused-ring (bicyclic) bond motifs is 9. The lowest BCUT2D eigenvalue weighted by molar-refractivity contribution is 1.43. The van der Waals surface area contributed by atoms with Gasteiger partial charge in [0.25, 0.3) is 0 Å². The first kappa shape index (κ1) is 23.7. The van der Waals surface area contributed by atoms with Crippen LogP contribution in [0.15, 0.2) is 146 Å². The van der Waals surface area contributed by atoms with E-state index >= 15 is 0 Å². The van der Waals surface area contributed by atoms with Crippen molar-refractivity contribution < 1.29 is 0 Å². The summed E-state index contributed by atoms with van der Waals surface area (Å²) >= 11 is 0. The van der Waals surface area contributed by atoms with E-state index in [4.69, 9.17) is 9.97 Å². The first-order valence-electron chi connectivity index (χ1n) is 15.1. The second kappa shape index (κ2) is 8.82. The molecule has 0 spiro atoms. The molecule has 0 radical (unpaired) electrons. The Balaban J connectivity index is 1.21. The van der Waals surface area contributed by atoms with Gasteiger partial charge in [0.15, 0.2) is 0 Å². The van der Waals surface area contributed by atoms with Crippen LogP contribution in [-0.4, -0.2) is 9.97 Å². The summed E-state index contributed by atoms with van der Waals surface area (Å²) < 4.78 is 0. The van der Waals surface area contributed by atoms with Crippen LogP contribution in [0.5, 0.6) is 0 Å². The fourth-order valence-corrected chi connectivity index (χ4v) is 7.54. The van der Waals surface area contributed by atoms with Crippen LogP contribution in [0.2, 0.25) is 0 Å². The highest BCUT2D eigenvalue weighted by Gasteiger charge is 2.24. The van der Waals surface area contributed by atoms with Crippen molar-refractivity contribution in [2.45, 2.75) is 0 Å². The molecule has 0 saturated heterocycles. The minimum absolute atomic E-state index is 1.05. The summed E-state index contributed by atoms with van der Waals surface area (Å²) in [7, 11) is 0. The maximum Gasteiger partial charge on any atom is 0.0786 e. The Labute approximate surface area is 253 Å². The number of benzene rings is 7. The molecule has 2 heteroatoms. The van der Waals surface area contributed by atoms with Crippen molar-refractivity contribution in [3.05, 3.63) is 146 Å². The molecule has 7 aromatic carbocycles. The molecule has 1 aliphatic rings. The number of hydrogen-bond acceptors (Lipinski definition) is 2. The van der Waals surface area contributed by atoms with Crippen LogP contribution in [0.25, 0.3) is 98.6 Å². The predicted octanol–water partition coefficient (Wildman–Crippen LogP) is 11.2. The van der Waals surface area contributed by atoms with E-state index in [0.717, 1.165) is 11.0 Å². The molecule has 2 heterocycles. The van der Waals surface area contributed by atoms with Gasteiger partial charge in [-0.25, -0.2) is 0 Å². The fraction of sp³-hybridized carbons (Fsp3) is 0. The van der Waals surface area contributed by atoms with Crippen LogP contribution < -0.4 is 0 Å². The average Bonchev–Trinajstić information content (AvgIpc) is 3.42. The Bertz CT molecular complexity index is 2670. The molecule has 44 heavy (non-hydrogen) atoms. The van der Waals surface area contributed by atoms with E-state index in [1.165, 1.54) is 87.6 Å². The predicted molar refractivity (Wildman–Crippen MR) is 185 cm³/mol. The van der Waals surface area contributed by atoms with Crippen LogP contribution in [0, 0.1) is 0 Å². The summed E-state index contributed by atoms with van der Waals surface area (Å²) in [5, 5.41) is 9.76. The lowest BCUT2D eigenvalue weighted by Gasteiger charge is -2.14. The van der Waals surface area contributed by atoms with Gasteiger partial charge in [-0.1, -0.05) is 103 Å². The summed E-state index contributed by atoms with van der Waals surface area (Å²) in [5.74, 6) is 0. The molecule has 0 N–H and O–H groups in total. The SMILES string of the molecule is c1ccc2c(c1)cc(-c1ccc3c(c1)-c1cccc4c(-c5cc6ccccc6c6ncccc56)ccc-3c14)c1cccnc12. The number of pyridine rings is 2. The summed E-state index contributed by atoms with van der Waals surface area (Å²) in [5.41, 5.74) is 12.2. The van der Waals surface area contributed by atoms with E-state index in [1.807, 2.05) is 24.5 Å². The molecule has 202 valence electrons. The third kappa shape index (κ3) is 3.20. The first-order chi connectivity index (χ1) is 21.8. The van der Waals surface area contributed by atoms with Crippen molar-refractivity contribution in [3.8, 4) is 44.5 Å². The van der Waals surface area contributed by atoms with Crippen LogP contribution in [-0.2, 0) is 0 Å². The van der Waals surface area contributed by atoms with Crippen molar-refractivity contribution in [2.75, 3.05) is 0 Å². The Hall–Kier alpha value is -5.86. The minimum atomic E-state index is 1.05. The molecular formula is C42H24N2. The number of rotatable bonds is 2. The molecule has 0 unspecified atom stereocenters. The van der Waals surface area contributed by atoms with Gasteiger partial charge in [0.1, 0.15) is 0 Å². The monoisotopic (exact) mass is 556 g/mol. The molecule has 2 aromatic heterocycles. The fourth-order valence-electron chi connectivity index (χ4n) is 7.54. The third-order valence-corrected chi connectivity index (χ3v) is 9.47. The molecule has 0 bridgehead atoms. The lowest BCUT2D eigenvalue weighted by Crippen LogP contribution is -1.88. The highest BCUT2D eigenvalue weighted by Crippen LogP contribution is 2.51. The molecule has 0 atom stereocenters. The van der Waals surface area contributed by atoms with Gasteiger partial charge in [-0.15, -0.1) is 0 Å². The molecular weight excluding hydrogens is 532 g/mol. The topological polar surface area (TPSA) is 25.8 Å². The molecule has 0 fully saturated rings. The smallest absolute Gasteiger partial charge is 0.0786 e. The summed E-state index contributed by atoms with van der Waals surface area (Å²) in [6.45, 7) is 0. The number of aromatic nitrogens is 2. The van der Waals surface area contributed by atoms with Gasteiger partial charge in [-0.05, 0) is 96.4 Å². The third-order valence-electron chi connectivity index (χ3n) is 9.47. The van der Waals surface area contributed by atoms with Gasteiger partial charge >= 0.3 is 0 Å². The average molecular weight is 557 g/mol. The second-order valence-electron chi connectivity index (χ2n) is 11.7. The Morgan fingerprint density at radius 2 is 0.886 bits per heavy atom. The molecule has 10 rings (SSSR count). The Morgan fingerprint density at radius 1 is 0.318 bits per heavy atom. The van der Waals surface area contributed by atoms with Crippen LogP contribution in [0.3, 0.4) is 0 Å². The van der Waals surface area contributed by atoms with Gasteiger partial charge in [-0.3, -0.25) is 9.97 Å². The van der Waals surface area contributed by atoms with E-state index in [1.54, 1.807) is 0 Å².